The summed E-state index contributed by atoms with van der Waals surface area (Å²) in [6, 6.07) is 12.8. The van der Waals surface area contributed by atoms with Gasteiger partial charge < -0.3 is 11.5 Å². The molecular formula is C14H13ClN2OS. The van der Waals surface area contributed by atoms with Gasteiger partial charge in [0, 0.05) is 16.2 Å². The van der Waals surface area contributed by atoms with Crippen molar-refractivity contribution in [2.45, 2.75) is 10.6 Å². The summed E-state index contributed by atoms with van der Waals surface area (Å²) >= 11 is 7.55. The van der Waals surface area contributed by atoms with Gasteiger partial charge in [0.15, 0.2) is 0 Å². The summed E-state index contributed by atoms with van der Waals surface area (Å²) in [4.78, 5) is 12.3. The lowest BCUT2D eigenvalue weighted by Gasteiger charge is -2.07. The van der Waals surface area contributed by atoms with Crippen molar-refractivity contribution >= 4 is 35.0 Å². The Morgan fingerprint density at radius 1 is 1.21 bits per heavy atom. The van der Waals surface area contributed by atoms with Gasteiger partial charge in [-0.1, -0.05) is 29.8 Å². The second-order valence-electron chi connectivity index (χ2n) is 3.99. The highest BCUT2D eigenvalue weighted by molar-refractivity contribution is 7.98. The average molecular weight is 293 g/mol. The molecule has 2 rings (SSSR count). The Hall–Kier alpha value is -1.65. The van der Waals surface area contributed by atoms with Gasteiger partial charge in [0.2, 0.25) is 5.91 Å². The molecule has 0 spiro atoms. The van der Waals surface area contributed by atoms with Crippen LogP contribution in [0.25, 0.3) is 0 Å². The van der Waals surface area contributed by atoms with Crippen LogP contribution in [0.4, 0.5) is 5.69 Å². The number of carbonyl (C=O) groups is 1. The number of nitrogen functional groups attached to an aromatic ring is 1. The maximum Gasteiger partial charge on any atom is 0.249 e. The van der Waals surface area contributed by atoms with E-state index in [1.807, 2.05) is 24.3 Å². The molecule has 0 bridgehead atoms. The summed E-state index contributed by atoms with van der Waals surface area (Å²) in [5.41, 5.74) is 13.0. The van der Waals surface area contributed by atoms with Crippen molar-refractivity contribution in [3.05, 3.63) is 58.6 Å². The molecule has 0 aliphatic rings. The Balaban J connectivity index is 2.14. The van der Waals surface area contributed by atoms with E-state index in [-0.39, 0.29) is 0 Å². The summed E-state index contributed by atoms with van der Waals surface area (Å²) in [6.45, 7) is 0. The second-order valence-corrected chi connectivity index (χ2v) is 5.45. The van der Waals surface area contributed by atoms with Crippen molar-refractivity contribution in [2.24, 2.45) is 5.73 Å². The highest BCUT2D eigenvalue weighted by atomic mass is 35.5. The number of carbonyl (C=O) groups excluding carboxylic acids is 1. The smallest absolute Gasteiger partial charge is 0.249 e. The van der Waals surface area contributed by atoms with Gasteiger partial charge in [-0.2, -0.15) is 0 Å². The zero-order valence-corrected chi connectivity index (χ0v) is 11.7. The van der Waals surface area contributed by atoms with E-state index in [1.165, 1.54) is 0 Å². The molecule has 0 atom stereocenters. The van der Waals surface area contributed by atoms with Crippen LogP contribution in [0.15, 0.2) is 47.4 Å². The van der Waals surface area contributed by atoms with Crippen LogP contribution in [-0.2, 0) is 5.75 Å². The molecule has 0 radical (unpaired) electrons. The Kier molecular flexibility index (Phi) is 4.35. The van der Waals surface area contributed by atoms with Gasteiger partial charge >= 0.3 is 0 Å². The Labute approximate surface area is 120 Å². The van der Waals surface area contributed by atoms with Crippen LogP contribution in [0, 0.1) is 0 Å². The first-order valence-corrected chi connectivity index (χ1v) is 7.00. The number of hydrogen-bond acceptors (Lipinski definition) is 3. The van der Waals surface area contributed by atoms with Gasteiger partial charge in [0.05, 0.1) is 10.7 Å². The predicted molar refractivity (Wildman–Crippen MR) is 80.4 cm³/mol. The molecule has 4 N–H and O–H groups in total. The van der Waals surface area contributed by atoms with Crippen LogP contribution in [0.1, 0.15) is 15.9 Å². The van der Waals surface area contributed by atoms with E-state index >= 15 is 0 Å². The van der Waals surface area contributed by atoms with Crippen molar-refractivity contribution in [3.63, 3.8) is 0 Å². The Bertz CT molecular complexity index is 616. The third kappa shape index (κ3) is 3.43. The van der Waals surface area contributed by atoms with Crippen LogP contribution in [0.5, 0.6) is 0 Å². The lowest BCUT2D eigenvalue weighted by Crippen LogP contribution is -2.13. The number of hydrogen-bond donors (Lipinski definition) is 2. The number of halogens is 1. The highest BCUT2D eigenvalue weighted by Gasteiger charge is 2.07. The first-order chi connectivity index (χ1) is 9.08. The molecule has 3 nitrogen and oxygen atoms in total. The lowest BCUT2D eigenvalue weighted by molar-refractivity contribution is 0.0999. The minimum atomic E-state index is -0.411. The summed E-state index contributed by atoms with van der Waals surface area (Å²) in [7, 11) is 0. The molecule has 0 unspecified atom stereocenters. The van der Waals surface area contributed by atoms with Crippen LogP contribution < -0.4 is 11.5 Å². The lowest BCUT2D eigenvalue weighted by atomic mass is 10.1. The van der Waals surface area contributed by atoms with Crippen molar-refractivity contribution < 1.29 is 4.79 Å². The molecule has 0 aliphatic heterocycles. The summed E-state index contributed by atoms with van der Waals surface area (Å²) in [5, 5.41) is 0.535. The molecular weight excluding hydrogens is 280 g/mol. The van der Waals surface area contributed by atoms with Crippen molar-refractivity contribution in [2.75, 3.05) is 5.73 Å². The van der Waals surface area contributed by atoms with Crippen LogP contribution in [0.3, 0.4) is 0 Å². The molecule has 0 heterocycles. The van der Waals surface area contributed by atoms with Gasteiger partial charge in [0.25, 0.3) is 0 Å². The maximum atomic E-state index is 11.3. The number of amides is 1. The van der Waals surface area contributed by atoms with E-state index < -0.39 is 5.91 Å². The molecule has 0 fully saturated rings. The van der Waals surface area contributed by atoms with E-state index in [0.717, 1.165) is 10.5 Å². The van der Waals surface area contributed by atoms with Crippen LogP contribution in [-0.4, -0.2) is 5.91 Å². The number of benzene rings is 2. The van der Waals surface area contributed by atoms with Crippen LogP contribution >= 0.6 is 23.4 Å². The number of rotatable bonds is 4. The number of nitrogens with two attached hydrogens (primary N) is 2. The molecule has 5 heteroatoms. The van der Waals surface area contributed by atoms with E-state index in [1.54, 1.807) is 30.0 Å². The zero-order chi connectivity index (χ0) is 13.8. The minimum Gasteiger partial charge on any atom is -0.398 e. The second kappa shape index (κ2) is 5.99. The first-order valence-electron chi connectivity index (χ1n) is 5.63. The van der Waals surface area contributed by atoms with E-state index in [4.69, 9.17) is 23.1 Å². The quantitative estimate of drug-likeness (QED) is 0.671. The summed E-state index contributed by atoms with van der Waals surface area (Å²) in [6.07, 6.45) is 0. The molecule has 0 saturated heterocycles. The molecule has 0 aliphatic carbocycles. The largest absolute Gasteiger partial charge is 0.398 e. The minimum absolute atomic E-state index is 0.411. The Morgan fingerprint density at radius 3 is 2.63 bits per heavy atom. The third-order valence-corrected chi connectivity index (χ3v) is 4.02. The number of thioether (sulfide) groups is 1. The maximum absolute atomic E-state index is 11.3. The fourth-order valence-electron chi connectivity index (χ4n) is 1.65. The van der Waals surface area contributed by atoms with E-state index in [2.05, 4.69) is 0 Å². The van der Waals surface area contributed by atoms with Gasteiger partial charge in [-0.15, -0.1) is 11.8 Å². The molecule has 1 amide bonds. The molecule has 2 aromatic carbocycles. The topological polar surface area (TPSA) is 69.1 Å². The molecule has 0 aromatic heterocycles. The third-order valence-electron chi connectivity index (χ3n) is 2.65. The van der Waals surface area contributed by atoms with Gasteiger partial charge in [-0.3, -0.25) is 4.79 Å². The fraction of sp³-hybridized carbons (Fsp3) is 0.0714. The summed E-state index contributed by atoms with van der Waals surface area (Å²) in [5.74, 6) is 0.242. The van der Waals surface area contributed by atoms with E-state index in [0.29, 0.717) is 22.0 Å². The SMILES string of the molecule is NC(=O)c1ccccc1CSc1ccc(N)c(Cl)c1. The van der Waals surface area contributed by atoms with Crippen LogP contribution in [0.2, 0.25) is 5.02 Å². The molecule has 2 aromatic rings. The van der Waals surface area contributed by atoms with Gasteiger partial charge in [-0.05, 0) is 29.8 Å². The fourth-order valence-corrected chi connectivity index (χ4v) is 2.83. The zero-order valence-electron chi connectivity index (χ0n) is 10.1. The number of primary amides is 1. The normalized spacial score (nSPS) is 10.4. The van der Waals surface area contributed by atoms with Gasteiger partial charge in [-0.25, -0.2) is 0 Å². The molecule has 98 valence electrons. The standard InChI is InChI=1S/C14H13ClN2OS/c15-12-7-10(5-6-13(12)16)19-8-9-3-1-2-4-11(9)14(17)18/h1-7H,8,16H2,(H2,17,18). The summed E-state index contributed by atoms with van der Waals surface area (Å²) < 4.78 is 0. The van der Waals surface area contributed by atoms with Crippen molar-refractivity contribution in [1.82, 2.24) is 0 Å². The molecule has 19 heavy (non-hydrogen) atoms. The Morgan fingerprint density at radius 2 is 1.95 bits per heavy atom. The number of anilines is 1. The highest BCUT2D eigenvalue weighted by Crippen LogP contribution is 2.29. The van der Waals surface area contributed by atoms with E-state index in [9.17, 15) is 4.79 Å². The predicted octanol–water partition coefficient (Wildman–Crippen LogP) is 3.31. The average Bonchev–Trinajstić information content (AvgIpc) is 2.40. The van der Waals surface area contributed by atoms with Crippen molar-refractivity contribution in [3.8, 4) is 0 Å². The first kappa shape index (κ1) is 13.8. The van der Waals surface area contributed by atoms with Gasteiger partial charge in [0.1, 0.15) is 0 Å². The monoisotopic (exact) mass is 292 g/mol. The molecule has 0 saturated carbocycles. The van der Waals surface area contributed by atoms with Crippen molar-refractivity contribution in [1.29, 1.82) is 0 Å².